The van der Waals surface area contributed by atoms with Crippen LogP contribution in [-0.4, -0.2) is 12.4 Å². The zero-order valence-corrected chi connectivity index (χ0v) is 13.4. The summed E-state index contributed by atoms with van der Waals surface area (Å²) in [7, 11) is 0. The lowest BCUT2D eigenvalue weighted by atomic mass is 9.98. The van der Waals surface area contributed by atoms with Crippen LogP contribution in [0.3, 0.4) is 0 Å². The molecule has 1 aromatic carbocycles. The Kier molecular flexibility index (Phi) is 5.81. The number of hydrogen-bond donors (Lipinski definition) is 1. The molecule has 1 fully saturated rings. The van der Waals surface area contributed by atoms with Crippen molar-refractivity contribution in [3.05, 3.63) is 33.3 Å². The third-order valence-corrected chi connectivity index (χ3v) is 4.99. The van der Waals surface area contributed by atoms with E-state index < -0.39 is 0 Å². The fourth-order valence-corrected chi connectivity index (χ4v) is 3.79. The van der Waals surface area contributed by atoms with Crippen LogP contribution in [0.1, 0.15) is 24.8 Å². The minimum absolute atomic E-state index is 0.694. The molecule has 2 rings (SSSR count). The first kappa shape index (κ1) is 14.6. The Balaban J connectivity index is 1.81. The third kappa shape index (κ3) is 3.86. The Labute approximate surface area is 127 Å². The highest BCUT2D eigenvalue weighted by Gasteiger charge is 2.25. The molecular formula is C14H18BrCl2N. The van der Waals surface area contributed by atoms with Crippen molar-refractivity contribution in [3.63, 3.8) is 0 Å². The predicted octanol–water partition coefficient (Wildman–Crippen LogP) is 4.85. The Morgan fingerprint density at radius 3 is 2.78 bits per heavy atom. The van der Waals surface area contributed by atoms with E-state index in [1.165, 1.54) is 19.3 Å². The van der Waals surface area contributed by atoms with E-state index >= 15 is 0 Å². The van der Waals surface area contributed by atoms with Gasteiger partial charge in [0.05, 0.1) is 0 Å². The molecule has 0 radical (unpaired) electrons. The summed E-state index contributed by atoms with van der Waals surface area (Å²) < 4.78 is 1.02. The van der Waals surface area contributed by atoms with Gasteiger partial charge in [-0.1, -0.05) is 40.0 Å². The zero-order chi connectivity index (χ0) is 13.0. The number of alkyl halides is 1. The molecule has 100 valence electrons. The second-order valence-corrected chi connectivity index (χ2v) is 6.60. The summed E-state index contributed by atoms with van der Waals surface area (Å²) in [5, 5.41) is 4.33. The maximum atomic E-state index is 6.19. The molecule has 1 aliphatic rings. The molecule has 1 N–H and O–H groups in total. The van der Waals surface area contributed by atoms with Crippen LogP contribution in [0, 0.1) is 11.8 Å². The smallest absolute Gasteiger partial charge is 0.0462 e. The molecule has 4 heteroatoms. The van der Waals surface area contributed by atoms with Gasteiger partial charge in [-0.2, -0.15) is 0 Å². The Hall–Kier alpha value is 0.240. The molecule has 0 spiro atoms. The fourth-order valence-electron chi connectivity index (χ4n) is 2.64. The van der Waals surface area contributed by atoms with Crippen molar-refractivity contribution in [2.75, 3.05) is 12.4 Å². The maximum absolute atomic E-state index is 6.19. The van der Waals surface area contributed by atoms with E-state index in [9.17, 15) is 0 Å². The highest BCUT2D eigenvalue weighted by atomic mass is 79.9. The third-order valence-electron chi connectivity index (χ3n) is 3.75. The largest absolute Gasteiger partial charge is 0.312 e. The van der Waals surface area contributed by atoms with E-state index in [2.05, 4.69) is 27.3 Å². The molecule has 0 amide bonds. The highest BCUT2D eigenvalue weighted by molar-refractivity contribution is 9.10. The Morgan fingerprint density at radius 1 is 1.28 bits per heavy atom. The standard InChI is InChI=1S/C14H18BrCl2N/c15-13-5-4-12(14(17)6-13)9-18-8-11-3-1-2-10(11)7-16/h4-6,10-11,18H,1-3,7-9H2. The number of halogens is 3. The van der Waals surface area contributed by atoms with Crippen LogP contribution >= 0.6 is 39.1 Å². The zero-order valence-electron chi connectivity index (χ0n) is 10.3. The van der Waals surface area contributed by atoms with Crippen molar-refractivity contribution >= 4 is 39.1 Å². The molecule has 1 aromatic rings. The summed E-state index contributed by atoms with van der Waals surface area (Å²) >= 11 is 15.6. The number of nitrogens with one attached hydrogen (secondary N) is 1. The molecule has 0 aromatic heterocycles. The van der Waals surface area contributed by atoms with Gasteiger partial charge in [0.1, 0.15) is 0 Å². The van der Waals surface area contributed by atoms with Gasteiger partial charge in [-0.15, -0.1) is 11.6 Å². The minimum Gasteiger partial charge on any atom is -0.312 e. The van der Waals surface area contributed by atoms with Gasteiger partial charge >= 0.3 is 0 Å². The summed E-state index contributed by atoms with van der Waals surface area (Å²) in [5.41, 5.74) is 1.15. The predicted molar refractivity (Wildman–Crippen MR) is 82.4 cm³/mol. The molecule has 0 heterocycles. The summed E-state index contributed by atoms with van der Waals surface area (Å²) in [6.07, 6.45) is 3.91. The summed E-state index contributed by atoms with van der Waals surface area (Å²) in [4.78, 5) is 0. The minimum atomic E-state index is 0.694. The molecule has 0 bridgehead atoms. The van der Waals surface area contributed by atoms with E-state index in [1.54, 1.807) is 0 Å². The first-order valence-corrected chi connectivity index (χ1v) is 8.12. The molecule has 2 unspecified atom stereocenters. The normalized spacial score (nSPS) is 23.5. The van der Waals surface area contributed by atoms with E-state index in [0.717, 1.165) is 39.9 Å². The van der Waals surface area contributed by atoms with Crippen LogP contribution in [-0.2, 0) is 6.54 Å². The van der Waals surface area contributed by atoms with Gasteiger partial charge in [-0.25, -0.2) is 0 Å². The van der Waals surface area contributed by atoms with E-state index in [0.29, 0.717) is 5.92 Å². The van der Waals surface area contributed by atoms with Crippen LogP contribution in [0.4, 0.5) is 0 Å². The number of rotatable bonds is 5. The van der Waals surface area contributed by atoms with Crippen molar-refractivity contribution in [2.45, 2.75) is 25.8 Å². The fraction of sp³-hybridized carbons (Fsp3) is 0.571. The van der Waals surface area contributed by atoms with Crippen molar-refractivity contribution in [3.8, 4) is 0 Å². The summed E-state index contributed by atoms with van der Waals surface area (Å²) in [6, 6.07) is 6.03. The maximum Gasteiger partial charge on any atom is 0.0462 e. The van der Waals surface area contributed by atoms with Gasteiger partial charge in [-0.3, -0.25) is 0 Å². The molecule has 0 aliphatic heterocycles. The molecular weight excluding hydrogens is 333 g/mol. The molecule has 1 saturated carbocycles. The SMILES string of the molecule is ClCC1CCCC1CNCc1ccc(Br)cc1Cl. The Bertz CT molecular complexity index is 397. The topological polar surface area (TPSA) is 12.0 Å². The summed E-state index contributed by atoms with van der Waals surface area (Å²) in [5.74, 6) is 2.22. The second-order valence-electron chi connectivity index (χ2n) is 4.97. The van der Waals surface area contributed by atoms with E-state index in [1.807, 2.05) is 12.1 Å². The number of hydrogen-bond acceptors (Lipinski definition) is 1. The van der Waals surface area contributed by atoms with Gasteiger partial charge < -0.3 is 5.32 Å². The lowest BCUT2D eigenvalue weighted by molar-refractivity contribution is 0.395. The van der Waals surface area contributed by atoms with Crippen LogP contribution < -0.4 is 5.32 Å². The van der Waals surface area contributed by atoms with Crippen LogP contribution in [0.2, 0.25) is 5.02 Å². The highest BCUT2D eigenvalue weighted by Crippen LogP contribution is 2.32. The van der Waals surface area contributed by atoms with E-state index in [-0.39, 0.29) is 0 Å². The molecule has 0 saturated heterocycles. The van der Waals surface area contributed by atoms with Crippen molar-refractivity contribution in [1.82, 2.24) is 5.32 Å². The van der Waals surface area contributed by atoms with Crippen molar-refractivity contribution in [2.24, 2.45) is 11.8 Å². The van der Waals surface area contributed by atoms with Crippen LogP contribution in [0.25, 0.3) is 0 Å². The second kappa shape index (κ2) is 7.14. The molecule has 1 nitrogen and oxygen atoms in total. The van der Waals surface area contributed by atoms with E-state index in [4.69, 9.17) is 23.2 Å². The summed E-state index contributed by atoms with van der Waals surface area (Å²) in [6.45, 7) is 1.88. The van der Waals surface area contributed by atoms with Gasteiger partial charge in [-0.05, 0) is 48.9 Å². The quantitative estimate of drug-likeness (QED) is 0.748. The first-order chi connectivity index (χ1) is 8.70. The molecule has 2 atom stereocenters. The first-order valence-electron chi connectivity index (χ1n) is 6.41. The van der Waals surface area contributed by atoms with Crippen molar-refractivity contribution in [1.29, 1.82) is 0 Å². The van der Waals surface area contributed by atoms with Crippen LogP contribution in [0.15, 0.2) is 22.7 Å². The monoisotopic (exact) mass is 349 g/mol. The van der Waals surface area contributed by atoms with Gasteiger partial charge in [0, 0.05) is 21.9 Å². The van der Waals surface area contributed by atoms with Gasteiger partial charge in [0.2, 0.25) is 0 Å². The lowest BCUT2D eigenvalue weighted by Gasteiger charge is -2.18. The average molecular weight is 351 g/mol. The average Bonchev–Trinajstić information content (AvgIpc) is 2.79. The van der Waals surface area contributed by atoms with Gasteiger partial charge in [0.15, 0.2) is 0 Å². The van der Waals surface area contributed by atoms with Crippen LogP contribution in [0.5, 0.6) is 0 Å². The van der Waals surface area contributed by atoms with Crippen molar-refractivity contribution < 1.29 is 0 Å². The lowest BCUT2D eigenvalue weighted by Crippen LogP contribution is -2.25. The van der Waals surface area contributed by atoms with Gasteiger partial charge in [0.25, 0.3) is 0 Å². The molecule has 1 aliphatic carbocycles. The number of benzene rings is 1. The molecule has 18 heavy (non-hydrogen) atoms. The Morgan fingerprint density at radius 2 is 2.06 bits per heavy atom.